The predicted octanol–water partition coefficient (Wildman–Crippen LogP) is 2.67. The molecule has 0 aliphatic heterocycles. The monoisotopic (exact) mass is 268 g/mol. The van der Waals surface area contributed by atoms with Crippen molar-refractivity contribution in [2.75, 3.05) is 0 Å². The first-order valence-electron chi connectivity index (χ1n) is 6.84. The highest BCUT2D eigenvalue weighted by Gasteiger charge is 2.56. The molecule has 3 rings (SSSR count). The van der Waals surface area contributed by atoms with Gasteiger partial charge < -0.3 is 0 Å². The van der Waals surface area contributed by atoms with Gasteiger partial charge in [-0.2, -0.15) is 5.10 Å². The minimum atomic E-state index is 0.151. The van der Waals surface area contributed by atoms with E-state index in [2.05, 4.69) is 24.4 Å². The highest BCUT2D eigenvalue weighted by atomic mass is 35.5. The third-order valence-electron chi connectivity index (χ3n) is 4.61. The molecule has 2 saturated carbocycles. The number of hydrazine groups is 1. The van der Waals surface area contributed by atoms with Crippen molar-refractivity contribution >= 4 is 11.6 Å². The zero-order valence-electron chi connectivity index (χ0n) is 10.9. The van der Waals surface area contributed by atoms with Gasteiger partial charge in [-0.1, -0.05) is 18.0 Å². The molecule has 3 unspecified atom stereocenters. The summed E-state index contributed by atoms with van der Waals surface area (Å²) in [6.07, 6.45) is 5.81. The van der Waals surface area contributed by atoms with Crippen molar-refractivity contribution in [3.05, 3.63) is 16.9 Å². The molecule has 4 nitrogen and oxygen atoms in total. The second kappa shape index (κ2) is 4.51. The summed E-state index contributed by atoms with van der Waals surface area (Å²) in [6, 6.07) is 0.458. The fraction of sp³-hybridized carbons (Fsp3) is 0.769. The molecular weight excluding hydrogens is 248 g/mol. The van der Waals surface area contributed by atoms with Crippen LogP contribution in [0.15, 0.2) is 6.20 Å². The number of aromatic nitrogens is 2. The third-order valence-corrected chi connectivity index (χ3v) is 4.90. The molecule has 0 radical (unpaired) electrons. The van der Waals surface area contributed by atoms with Crippen LogP contribution in [0.5, 0.6) is 0 Å². The van der Waals surface area contributed by atoms with E-state index in [1.807, 2.05) is 4.68 Å². The van der Waals surface area contributed by atoms with E-state index in [-0.39, 0.29) is 6.04 Å². The minimum absolute atomic E-state index is 0.151. The molecule has 1 aromatic rings. The zero-order chi connectivity index (χ0) is 12.9. The number of nitrogens with one attached hydrogen (secondary N) is 1. The topological polar surface area (TPSA) is 55.9 Å². The van der Waals surface area contributed by atoms with Crippen molar-refractivity contribution in [2.45, 2.75) is 45.2 Å². The van der Waals surface area contributed by atoms with Crippen LogP contribution in [0.2, 0.25) is 5.02 Å². The molecule has 0 aromatic carbocycles. The molecule has 1 heterocycles. The van der Waals surface area contributed by atoms with Gasteiger partial charge in [0.15, 0.2) is 0 Å². The Morgan fingerprint density at radius 2 is 2.11 bits per heavy atom. The summed E-state index contributed by atoms with van der Waals surface area (Å²) < 4.78 is 2.00. The Morgan fingerprint density at radius 3 is 2.67 bits per heavy atom. The number of rotatable bonds is 4. The first kappa shape index (κ1) is 12.5. The van der Waals surface area contributed by atoms with Gasteiger partial charge in [-0.15, -0.1) is 0 Å². The number of fused-ring (bicyclic) bond motifs is 1. The average Bonchev–Trinajstić information content (AvgIpc) is 2.72. The summed E-state index contributed by atoms with van der Waals surface area (Å²) in [5, 5.41) is 5.11. The number of hydrogen-bond donors (Lipinski definition) is 2. The van der Waals surface area contributed by atoms with E-state index in [4.69, 9.17) is 17.4 Å². The van der Waals surface area contributed by atoms with Crippen molar-refractivity contribution < 1.29 is 0 Å². The molecule has 3 atom stereocenters. The first-order chi connectivity index (χ1) is 8.65. The van der Waals surface area contributed by atoms with Crippen molar-refractivity contribution in [2.24, 2.45) is 23.6 Å². The van der Waals surface area contributed by atoms with Crippen LogP contribution in [-0.2, 0) is 0 Å². The Morgan fingerprint density at radius 1 is 1.44 bits per heavy atom. The molecule has 3 N–H and O–H groups in total. The number of nitrogens with zero attached hydrogens (tertiary/aromatic N) is 2. The lowest BCUT2D eigenvalue weighted by atomic mass is 10.0. The minimum Gasteiger partial charge on any atom is -0.271 e. The van der Waals surface area contributed by atoms with Crippen molar-refractivity contribution in [3.63, 3.8) is 0 Å². The maximum absolute atomic E-state index is 6.31. The molecule has 1 aromatic heterocycles. The van der Waals surface area contributed by atoms with Crippen LogP contribution >= 0.6 is 11.6 Å². The lowest BCUT2D eigenvalue weighted by molar-refractivity contribution is 0.382. The summed E-state index contributed by atoms with van der Waals surface area (Å²) in [5.41, 5.74) is 4.05. The van der Waals surface area contributed by atoms with E-state index in [1.165, 1.54) is 19.3 Å². The quantitative estimate of drug-likeness (QED) is 0.652. The second-order valence-electron chi connectivity index (χ2n) is 5.90. The van der Waals surface area contributed by atoms with E-state index in [0.29, 0.717) is 12.0 Å². The van der Waals surface area contributed by atoms with Gasteiger partial charge in [-0.25, -0.2) is 0 Å². The molecule has 0 spiro atoms. The summed E-state index contributed by atoms with van der Waals surface area (Å²) in [4.78, 5) is 0. The van der Waals surface area contributed by atoms with Crippen molar-refractivity contribution in [3.8, 4) is 0 Å². The highest BCUT2D eigenvalue weighted by Crippen LogP contribution is 2.62. The fourth-order valence-electron chi connectivity index (χ4n) is 3.80. The third kappa shape index (κ3) is 1.78. The Kier molecular flexibility index (Phi) is 3.12. The first-order valence-corrected chi connectivity index (χ1v) is 7.22. The van der Waals surface area contributed by atoms with Gasteiger partial charge in [0, 0.05) is 6.04 Å². The molecule has 2 aliphatic carbocycles. The Bertz CT molecular complexity index is 432. The predicted molar refractivity (Wildman–Crippen MR) is 72.0 cm³/mol. The van der Waals surface area contributed by atoms with Gasteiger partial charge in [0.2, 0.25) is 0 Å². The van der Waals surface area contributed by atoms with Gasteiger partial charge in [-0.05, 0) is 44.4 Å². The second-order valence-corrected chi connectivity index (χ2v) is 6.30. The molecule has 0 bridgehead atoms. The van der Waals surface area contributed by atoms with Crippen LogP contribution in [0, 0.1) is 17.8 Å². The van der Waals surface area contributed by atoms with E-state index < -0.39 is 0 Å². The number of nitrogens with two attached hydrogens (primary N) is 1. The largest absolute Gasteiger partial charge is 0.271 e. The molecule has 100 valence electrons. The average molecular weight is 269 g/mol. The van der Waals surface area contributed by atoms with E-state index >= 15 is 0 Å². The fourth-order valence-corrected chi connectivity index (χ4v) is 4.04. The van der Waals surface area contributed by atoms with Crippen LogP contribution in [-0.4, -0.2) is 9.78 Å². The van der Waals surface area contributed by atoms with E-state index in [9.17, 15) is 0 Å². The van der Waals surface area contributed by atoms with Crippen LogP contribution in [0.3, 0.4) is 0 Å². The van der Waals surface area contributed by atoms with Crippen molar-refractivity contribution in [1.82, 2.24) is 15.2 Å². The molecule has 18 heavy (non-hydrogen) atoms. The maximum Gasteiger partial charge on any atom is 0.0834 e. The lowest BCUT2D eigenvalue weighted by Crippen LogP contribution is -2.33. The van der Waals surface area contributed by atoms with Crippen molar-refractivity contribution in [1.29, 1.82) is 0 Å². The van der Waals surface area contributed by atoms with E-state index in [1.54, 1.807) is 6.20 Å². The van der Waals surface area contributed by atoms with Crippen LogP contribution in [0.1, 0.15) is 50.9 Å². The Hall–Kier alpha value is -0.580. The van der Waals surface area contributed by atoms with Gasteiger partial charge >= 0.3 is 0 Å². The smallest absolute Gasteiger partial charge is 0.0834 e. The van der Waals surface area contributed by atoms with Crippen LogP contribution in [0.4, 0.5) is 0 Å². The Labute approximate surface area is 113 Å². The Balaban J connectivity index is 1.90. The summed E-state index contributed by atoms with van der Waals surface area (Å²) in [6.45, 7) is 4.24. The lowest BCUT2D eigenvalue weighted by Gasteiger charge is -2.21. The van der Waals surface area contributed by atoms with Gasteiger partial charge in [0.1, 0.15) is 0 Å². The summed E-state index contributed by atoms with van der Waals surface area (Å²) in [7, 11) is 0. The molecular formula is C13H21ClN4. The molecule has 0 saturated heterocycles. The van der Waals surface area contributed by atoms with Gasteiger partial charge in [0.25, 0.3) is 0 Å². The molecule has 2 aliphatic rings. The molecule has 5 heteroatoms. The maximum atomic E-state index is 6.31. The zero-order valence-corrected chi connectivity index (χ0v) is 11.7. The normalized spacial score (nSPS) is 31.7. The van der Waals surface area contributed by atoms with Crippen LogP contribution in [0.25, 0.3) is 0 Å². The van der Waals surface area contributed by atoms with Gasteiger partial charge in [0.05, 0.1) is 23.0 Å². The number of halogens is 1. The molecule has 2 fully saturated rings. The van der Waals surface area contributed by atoms with Crippen LogP contribution < -0.4 is 11.3 Å². The SMILES string of the molecule is CC(C)n1ncc(Cl)c1C(NN)C1C2CCCC21. The highest BCUT2D eigenvalue weighted by molar-refractivity contribution is 6.31. The number of hydrogen-bond acceptors (Lipinski definition) is 3. The summed E-state index contributed by atoms with van der Waals surface area (Å²) in [5.74, 6) is 8.13. The summed E-state index contributed by atoms with van der Waals surface area (Å²) >= 11 is 6.31. The molecule has 0 amide bonds. The van der Waals surface area contributed by atoms with E-state index in [0.717, 1.165) is 22.6 Å². The van der Waals surface area contributed by atoms with Gasteiger partial charge in [-0.3, -0.25) is 16.0 Å². The standard InChI is InChI=1S/C13H21ClN4/c1-7(2)18-13(10(14)6-16-18)12(17-15)11-8-4-3-5-9(8)11/h6-9,11-12,17H,3-5,15H2,1-2H3.